The number of unbranched alkanes of at least 4 members (excludes halogenated alkanes) is 7. The SMILES string of the molecule is CCCCCCCCCCOCC(O)CN1C(=O)NC(C)(C)C1=O. The predicted octanol–water partition coefficient (Wildman–Crippen LogP) is 2.84. The van der Waals surface area contributed by atoms with E-state index in [-0.39, 0.29) is 19.1 Å². The quantitative estimate of drug-likeness (QED) is 0.398. The molecule has 1 fully saturated rings. The molecular formula is C18H34N2O4. The first kappa shape index (κ1) is 20.9. The number of aliphatic hydroxyl groups is 1. The van der Waals surface area contributed by atoms with E-state index < -0.39 is 17.7 Å². The zero-order chi connectivity index (χ0) is 18.0. The van der Waals surface area contributed by atoms with Gasteiger partial charge in [0.05, 0.1) is 19.3 Å². The summed E-state index contributed by atoms with van der Waals surface area (Å²) in [7, 11) is 0. The molecule has 140 valence electrons. The van der Waals surface area contributed by atoms with Gasteiger partial charge in [-0.15, -0.1) is 0 Å². The molecular weight excluding hydrogens is 308 g/mol. The van der Waals surface area contributed by atoms with Crippen LogP contribution in [0, 0.1) is 0 Å². The summed E-state index contributed by atoms with van der Waals surface area (Å²) in [6.45, 7) is 6.26. The summed E-state index contributed by atoms with van der Waals surface area (Å²) in [5.74, 6) is -0.311. The summed E-state index contributed by atoms with van der Waals surface area (Å²) >= 11 is 0. The molecule has 1 saturated heterocycles. The van der Waals surface area contributed by atoms with Crippen LogP contribution < -0.4 is 5.32 Å². The summed E-state index contributed by atoms with van der Waals surface area (Å²) in [5.41, 5.74) is -0.894. The molecule has 1 aliphatic heterocycles. The van der Waals surface area contributed by atoms with Gasteiger partial charge in [-0.1, -0.05) is 51.9 Å². The Bertz CT molecular complexity index is 398. The topological polar surface area (TPSA) is 78.9 Å². The molecule has 0 saturated carbocycles. The fraction of sp³-hybridized carbons (Fsp3) is 0.889. The molecule has 0 bridgehead atoms. The molecule has 6 nitrogen and oxygen atoms in total. The van der Waals surface area contributed by atoms with Crippen molar-refractivity contribution in [3.63, 3.8) is 0 Å². The smallest absolute Gasteiger partial charge is 0.325 e. The Hall–Kier alpha value is -1.14. The van der Waals surface area contributed by atoms with Gasteiger partial charge in [0.15, 0.2) is 0 Å². The van der Waals surface area contributed by atoms with E-state index in [4.69, 9.17) is 4.74 Å². The van der Waals surface area contributed by atoms with Gasteiger partial charge in [-0.05, 0) is 20.3 Å². The van der Waals surface area contributed by atoms with Gasteiger partial charge in [-0.25, -0.2) is 4.79 Å². The molecule has 0 aromatic carbocycles. The van der Waals surface area contributed by atoms with E-state index in [0.29, 0.717) is 6.61 Å². The molecule has 24 heavy (non-hydrogen) atoms. The Morgan fingerprint density at radius 1 is 1.08 bits per heavy atom. The number of ether oxygens (including phenoxy) is 1. The summed E-state index contributed by atoms with van der Waals surface area (Å²) in [6.07, 6.45) is 9.04. The minimum absolute atomic E-state index is 0.0223. The molecule has 0 spiro atoms. The van der Waals surface area contributed by atoms with Crippen LogP contribution in [0.4, 0.5) is 4.79 Å². The highest BCUT2D eigenvalue weighted by Gasteiger charge is 2.44. The van der Waals surface area contributed by atoms with Crippen LogP contribution in [0.2, 0.25) is 0 Å². The van der Waals surface area contributed by atoms with Crippen LogP contribution in [0.15, 0.2) is 0 Å². The van der Waals surface area contributed by atoms with Crippen LogP contribution in [0.25, 0.3) is 0 Å². The van der Waals surface area contributed by atoms with Crippen molar-refractivity contribution >= 4 is 11.9 Å². The van der Waals surface area contributed by atoms with E-state index in [1.165, 1.54) is 38.5 Å². The predicted molar refractivity (Wildman–Crippen MR) is 93.8 cm³/mol. The van der Waals surface area contributed by atoms with Gasteiger partial charge < -0.3 is 15.2 Å². The summed E-state index contributed by atoms with van der Waals surface area (Å²) < 4.78 is 5.45. The Morgan fingerprint density at radius 2 is 1.67 bits per heavy atom. The number of carbonyl (C=O) groups excluding carboxylic acids is 2. The van der Waals surface area contributed by atoms with Crippen molar-refractivity contribution < 1.29 is 19.4 Å². The molecule has 1 rings (SSSR count). The maximum Gasteiger partial charge on any atom is 0.325 e. The molecule has 3 amide bonds. The first-order valence-electron chi connectivity index (χ1n) is 9.28. The van der Waals surface area contributed by atoms with Gasteiger partial charge in [-0.2, -0.15) is 0 Å². The Labute approximate surface area is 145 Å². The van der Waals surface area contributed by atoms with Crippen LogP contribution in [0.5, 0.6) is 0 Å². The molecule has 0 aromatic rings. The average Bonchev–Trinajstić information content (AvgIpc) is 2.71. The van der Waals surface area contributed by atoms with Crippen molar-refractivity contribution in [3.05, 3.63) is 0 Å². The van der Waals surface area contributed by atoms with Crippen molar-refractivity contribution in [3.8, 4) is 0 Å². The molecule has 1 unspecified atom stereocenters. The second-order valence-corrected chi connectivity index (χ2v) is 7.17. The lowest BCUT2D eigenvalue weighted by atomic mass is 10.1. The van der Waals surface area contributed by atoms with Crippen molar-refractivity contribution in [2.45, 2.75) is 83.8 Å². The monoisotopic (exact) mass is 342 g/mol. The number of rotatable bonds is 13. The van der Waals surface area contributed by atoms with E-state index in [2.05, 4.69) is 12.2 Å². The van der Waals surface area contributed by atoms with Crippen molar-refractivity contribution in [1.29, 1.82) is 0 Å². The first-order chi connectivity index (χ1) is 11.4. The van der Waals surface area contributed by atoms with Gasteiger partial charge in [0, 0.05) is 6.61 Å². The van der Waals surface area contributed by atoms with Crippen LogP contribution in [-0.2, 0) is 9.53 Å². The minimum Gasteiger partial charge on any atom is -0.389 e. The van der Waals surface area contributed by atoms with Crippen molar-refractivity contribution in [2.75, 3.05) is 19.8 Å². The third kappa shape index (κ3) is 7.18. The number of amides is 3. The zero-order valence-electron chi connectivity index (χ0n) is 15.5. The number of carbonyl (C=O) groups is 2. The lowest BCUT2D eigenvalue weighted by molar-refractivity contribution is -0.131. The molecule has 6 heteroatoms. The molecule has 0 aromatic heterocycles. The van der Waals surface area contributed by atoms with Gasteiger partial charge in [0.25, 0.3) is 5.91 Å². The van der Waals surface area contributed by atoms with E-state index in [1.54, 1.807) is 13.8 Å². The Morgan fingerprint density at radius 3 is 2.21 bits per heavy atom. The number of urea groups is 1. The van der Waals surface area contributed by atoms with Gasteiger partial charge >= 0.3 is 6.03 Å². The van der Waals surface area contributed by atoms with E-state index in [0.717, 1.165) is 17.7 Å². The van der Waals surface area contributed by atoms with E-state index in [1.807, 2.05) is 0 Å². The second-order valence-electron chi connectivity index (χ2n) is 7.17. The van der Waals surface area contributed by atoms with Crippen molar-refractivity contribution in [2.24, 2.45) is 0 Å². The number of nitrogens with zero attached hydrogens (tertiary/aromatic N) is 1. The highest BCUT2D eigenvalue weighted by atomic mass is 16.5. The molecule has 1 heterocycles. The molecule has 2 N–H and O–H groups in total. The summed E-state index contributed by atoms with van der Waals surface area (Å²) in [4.78, 5) is 24.8. The number of hydrogen-bond acceptors (Lipinski definition) is 4. The average molecular weight is 342 g/mol. The van der Waals surface area contributed by atoms with Gasteiger partial charge in [-0.3, -0.25) is 9.69 Å². The van der Waals surface area contributed by atoms with Gasteiger partial charge in [0.1, 0.15) is 5.54 Å². The van der Waals surface area contributed by atoms with E-state index >= 15 is 0 Å². The maximum atomic E-state index is 12.0. The lowest BCUT2D eigenvalue weighted by Gasteiger charge is -2.19. The second kappa shape index (κ2) is 10.7. The fourth-order valence-corrected chi connectivity index (χ4v) is 2.80. The lowest BCUT2D eigenvalue weighted by Crippen LogP contribution is -2.42. The van der Waals surface area contributed by atoms with Gasteiger partial charge in [0.2, 0.25) is 0 Å². The number of nitrogens with one attached hydrogen (secondary N) is 1. The normalized spacial score (nSPS) is 18.1. The van der Waals surface area contributed by atoms with Crippen LogP contribution in [0.1, 0.15) is 72.1 Å². The third-order valence-corrected chi connectivity index (χ3v) is 4.29. The van der Waals surface area contributed by atoms with Crippen molar-refractivity contribution in [1.82, 2.24) is 10.2 Å². The Kier molecular flexibility index (Phi) is 9.29. The number of aliphatic hydroxyl groups excluding tert-OH is 1. The zero-order valence-corrected chi connectivity index (χ0v) is 15.5. The standard InChI is InChI=1S/C18H34N2O4/c1-4-5-6-7-8-9-10-11-12-24-14-15(21)13-20-16(22)18(2,3)19-17(20)23/h15,21H,4-14H2,1-3H3,(H,19,23). The summed E-state index contributed by atoms with van der Waals surface area (Å²) in [5, 5.41) is 12.5. The molecule has 0 radical (unpaired) electrons. The Balaban J connectivity index is 2.04. The fourth-order valence-electron chi connectivity index (χ4n) is 2.80. The van der Waals surface area contributed by atoms with Crippen LogP contribution >= 0.6 is 0 Å². The van der Waals surface area contributed by atoms with Crippen LogP contribution in [0.3, 0.4) is 0 Å². The number of β-amino-alcohol motifs (C(OH)–C–C–N with tert-alkyl or cyclic N) is 1. The summed E-state index contributed by atoms with van der Waals surface area (Å²) in [6, 6.07) is -0.452. The number of hydrogen-bond donors (Lipinski definition) is 2. The largest absolute Gasteiger partial charge is 0.389 e. The van der Waals surface area contributed by atoms with Crippen LogP contribution in [-0.4, -0.2) is 53.3 Å². The third-order valence-electron chi connectivity index (χ3n) is 4.29. The first-order valence-corrected chi connectivity index (χ1v) is 9.28. The molecule has 1 atom stereocenters. The maximum absolute atomic E-state index is 12.0. The minimum atomic E-state index is -0.894. The highest BCUT2D eigenvalue weighted by Crippen LogP contribution is 2.16. The highest BCUT2D eigenvalue weighted by molar-refractivity contribution is 6.06. The van der Waals surface area contributed by atoms with E-state index in [9.17, 15) is 14.7 Å². The molecule has 1 aliphatic rings. The number of imide groups is 1. The molecule has 0 aliphatic carbocycles.